The summed E-state index contributed by atoms with van der Waals surface area (Å²) in [6, 6.07) is 14.1. The lowest BCUT2D eigenvalue weighted by Gasteiger charge is -2.13. The van der Waals surface area contributed by atoms with Crippen LogP contribution >= 0.6 is 0 Å². The van der Waals surface area contributed by atoms with Crippen molar-refractivity contribution in [3.63, 3.8) is 0 Å². The van der Waals surface area contributed by atoms with Crippen molar-refractivity contribution in [3.8, 4) is 11.5 Å². The van der Waals surface area contributed by atoms with E-state index in [2.05, 4.69) is 41.5 Å². The largest absolute Gasteiger partial charge is 0.493 e. The summed E-state index contributed by atoms with van der Waals surface area (Å²) < 4.78 is 10.7. The van der Waals surface area contributed by atoms with Crippen LogP contribution in [0.1, 0.15) is 19.4 Å². The third-order valence-corrected chi connectivity index (χ3v) is 3.58. The van der Waals surface area contributed by atoms with Gasteiger partial charge in [0.2, 0.25) is 0 Å². The Morgan fingerprint density at radius 1 is 0.875 bits per heavy atom. The zero-order valence-corrected chi connectivity index (χ0v) is 14.9. The Kier molecular flexibility index (Phi) is 6.01. The van der Waals surface area contributed by atoms with E-state index in [0.717, 1.165) is 22.3 Å². The molecule has 2 aromatic carbocycles. The van der Waals surface area contributed by atoms with Crippen molar-refractivity contribution < 1.29 is 9.47 Å². The van der Waals surface area contributed by atoms with Gasteiger partial charge in [0.25, 0.3) is 0 Å². The summed E-state index contributed by atoms with van der Waals surface area (Å²) in [4.78, 5) is 4.41. The van der Waals surface area contributed by atoms with E-state index in [0.29, 0.717) is 11.5 Å². The molecule has 3 aromatic rings. The number of aryl methyl sites for hydroxylation is 1. The van der Waals surface area contributed by atoms with Gasteiger partial charge in [-0.2, -0.15) is 0 Å². The number of fused-ring (bicyclic) bond motifs is 1. The lowest BCUT2D eigenvalue weighted by atomic mass is 10.1. The van der Waals surface area contributed by atoms with Crippen molar-refractivity contribution in [3.05, 3.63) is 54.2 Å². The molecule has 0 spiro atoms. The van der Waals surface area contributed by atoms with Crippen LogP contribution in [0.3, 0.4) is 0 Å². The number of hydrogen-bond acceptors (Lipinski definition) is 4. The van der Waals surface area contributed by atoms with Crippen molar-refractivity contribution in [1.29, 1.82) is 0 Å². The Hall–Kier alpha value is -2.75. The number of aromatic nitrogens is 1. The molecule has 1 N–H and O–H groups in total. The molecule has 1 heterocycles. The summed E-state index contributed by atoms with van der Waals surface area (Å²) in [5.74, 6) is 1.37. The molecule has 0 aliphatic rings. The fourth-order valence-electron chi connectivity index (χ4n) is 2.37. The van der Waals surface area contributed by atoms with E-state index in [9.17, 15) is 0 Å². The zero-order valence-electron chi connectivity index (χ0n) is 14.9. The molecule has 0 saturated carbocycles. The van der Waals surface area contributed by atoms with E-state index >= 15 is 0 Å². The first-order valence-electron chi connectivity index (χ1n) is 8.05. The molecule has 0 aliphatic carbocycles. The molecule has 24 heavy (non-hydrogen) atoms. The molecule has 126 valence electrons. The van der Waals surface area contributed by atoms with Gasteiger partial charge in [-0.05, 0) is 31.2 Å². The van der Waals surface area contributed by atoms with E-state index in [1.165, 1.54) is 5.56 Å². The fourth-order valence-corrected chi connectivity index (χ4v) is 2.37. The summed E-state index contributed by atoms with van der Waals surface area (Å²) in [6.07, 6.45) is 1.78. The van der Waals surface area contributed by atoms with Gasteiger partial charge < -0.3 is 14.8 Å². The zero-order chi connectivity index (χ0) is 17.5. The van der Waals surface area contributed by atoms with Crippen LogP contribution in [0.25, 0.3) is 10.9 Å². The van der Waals surface area contributed by atoms with Gasteiger partial charge in [0, 0.05) is 29.0 Å². The maximum absolute atomic E-state index is 5.38. The third kappa shape index (κ3) is 3.77. The van der Waals surface area contributed by atoms with Gasteiger partial charge >= 0.3 is 0 Å². The number of methoxy groups -OCH3 is 2. The van der Waals surface area contributed by atoms with Gasteiger partial charge in [-0.25, -0.2) is 0 Å². The Labute approximate surface area is 143 Å². The molecular weight excluding hydrogens is 300 g/mol. The van der Waals surface area contributed by atoms with E-state index < -0.39 is 0 Å². The maximum Gasteiger partial charge on any atom is 0.162 e. The minimum atomic E-state index is 0.676. The van der Waals surface area contributed by atoms with Crippen molar-refractivity contribution in [2.45, 2.75) is 20.8 Å². The number of benzene rings is 2. The van der Waals surface area contributed by atoms with Gasteiger partial charge in [-0.3, -0.25) is 4.98 Å². The second kappa shape index (κ2) is 8.20. The average Bonchev–Trinajstić information content (AvgIpc) is 2.64. The molecule has 0 unspecified atom stereocenters. The number of nitrogens with one attached hydrogen (secondary N) is 1. The standard InChI is InChI=1S/C18H18N2O2.C2H6/c1-12-4-6-13(7-5-12)20-15-8-9-19-16-11-18(22-3)17(21-2)10-14(15)16;1-2/h4-11H,1-3H3,(H,19,20);1-2H3. The summed E-state index contributed by atoms with van der Waals surface area (Å²) >= 11 is 0. The van der Waals surface area contributed by atoms with E-state index in [1.807, 2.05) is 32.0 Å². The average molecular weight is 324 g/mol. The first-order valence-corrected chi connectivity index (χ1v) is 8.05. The molecule has 0 aliphatic heterocycles. The highest BCUT2D eigenvalue weighted by atomic mass is 16.5. The third-order valence-electron chi connectivity index (χ3n) is 3.58. The van der Waals surface area contributed by atoms with Crippen LogP contribution < -0.4 is 14.8 Å². The monoisotopic (exact) mass is 324 g/mol. The van der Waals surface area contributed by atoms with Gasteiger partial charge in [0.1, 0.15) is 0 Å². The quantitative estimate of drug-likeness (QED) is 0.704. The number of nitrogens with zero attached hydrogens (tertiary/aromatic N) is 1. The molecular formula is C20H24N2O2. The van der Waals surface area contributed by atoms with Gasteiger partial charge in [-0.1, -0.05) is 31.5 Å². The molecule has 1 aromatic heterocycles. The number of hydrogen-bond donors (Lipinski definition) is 1. The lowest BCUT2D eigenvalue weighted by Crippen LogP contribution is -1.95. The maximum atomic E-state index is 5.38. The van der Waals surface area contributed by atoms with Gasteiger partial charge in [0.15, 0.2) is 11.5 Å². The molecule has 0 saturated heterocycles. The first kappa shape index (κ1) is 17.6. The molecule has 0 amide bonds. The van der Waals surface area contributed by atoms with E-state index in [4.69, 9.17) is 9.47 Å². The van der Waals surface area contributed by atoms with Crippen molar-refractivity contribution in [1.82, 2.24) is 4.98 Å². The van der Waals surface area contributed by atoms with Crippen LogP contribution in [0.15, 0.2) is 48.7 Å². The lowest BCUT2D eigenvalue weighted by molar-refractivity contribution is 0.356. The fraction of sp³-hybridized carbons (Fsp3) is 0.250. The van der Waals surface area contributed by atoms with Crippen LogP contribution in [0.2, 0.25) is 0 Å². The van der Waals surface area contributed by atoms with Crippen molar-refractivity contribution in [2.24, 2.45) is 0 Å². The van der Waals surface area contributed by atoms with Crippen LogP contribution in [-0.4, -0.2) is 19.2 Å². The van der Waals surface area contributed by atoms with Gasteiger partial charge in [0.05, 0.1) is 19.7 Å². The predicted molar refractivity (Wildman–Crippen MR) is 101 cm³/mol. The first-order chi connectivity index (χ1) is 11.7. The van der Waals surface area contributed by atoms with Crippen molar-refractivity contribution >= 4 is 22.3 Å². The van der Waals surface area contributed by atoms with Gasteiger partial charge in [-0.15, -0.1) is 0 Å². The predicted octanol–water partition coefficient (Wildman–Crippen LogP) is 5.33. The van der Waals surface area contributed by atoms with Crippen LogP contribution in [0.4, 0.5) is 11.4 Å². The number of ether oxygens (including phenoxy) is 2. The Morgan fingerprint density at radius 3 is 2.12 bits per heavy atom. The normalized spacial score (nSPS) is 9.88. The molecule has 0 bridgehead atoms. The van der Waals surface area contributed by atoms with E-state index in [1.54, 1.807) is 20.4 Å². The van der Waals surface area contributed by atoms with Crippen LogP contribution in [0, 0.1) is 6.92 Å². The van der Waals surface area contributed by atoms with Crippen LogP contribution in [-0.2, 0) is 0 Å². The summed E-state index contributed by atoms with van der Waals surface area (Å²) in [5, 5.41) is 4.41. The van der Waals surface area contributed by atoms with E-state index in [-0.39, 0.29) is 0 Å². The second-order valence-corrected chi connectivity index (χ2v) is 5.07. The minimum absolute atomic E-state index is 0.676. The highest BCUT2D eigenvalue weighted by molar-refractivity contribution is 5.95. The molecule has 4 heteroatoms. The molecule has 4 nitrogen and oxygen atoms in total. The highest BCUT2D eigenvalue weighted by Gasteiger charge is 2.10. The smallest absolute Gasteiger partial charge is 0.162 e. The minimum Gasteiger partial charge on any atom is -0.493 e. The molecule has 0 atom stereocenters. The number of anilines is 2. The number of rotatable bonds is 4. The summed E-state index contributed by atoms with van der Waals surface area (Å²) in [5.41, 5.74) is 4.11. The molecule has 0 radical (unpaired) electrons. The Bertz CT molecular complexity index is 799. The highest BCUT2D eigenvalue weighted by Crippen LogP contribution is 2.35. The van der Waals surface area contributed by atoms with Crippen LogP contribution in [0.5, 0.6) is 11.5 Å². The summed E-state index contributed by atoms with van der Waals surface area (Å²) in [6.45, 7) is 6.07. The second-order valence-electron chi connectivity index (χ2n) is 5.07. The number of pyridine rings is 1. The molecule has 0 fully saturated rings. The van der Waals surface area contributed by atoms with Crippen molar-refractivity contribution in [2.75, 3.05) is 19.5 Å². The summed E-state index contributed by atoms with van der Waals surface area (Å²) in [7, 11) is 3.26. The SMILES string of the molecule is CC.COc1cc2nccc(Nc3ccc(C)cc3)c2cc1OC. The molecule has 3 rings (SSSR count). The topological polar surface area (TPSA) is 43.4 Å². The Morgan fingerprint density at radius 2 is 1.50 bits per heavy atom. The Balaban J connectivity index is 0.00000100.